The maximum atomic E-state index is 5.51. The highest BCUT2D eigenvalue weighted by atomic mass is 16.7. The van der Waals surface area contributed by atoms with Crippen molar-refractivity contribution in [3.05, 3.63) is 59.9 Å². The Morgan fingerprint density at radius 1 is 1.03 bits per heavy atom. The molecule has 33 heavy (non-hydrogen) atoms. The standard InChI is InChI=1S/C27H29N3O3/c1-31-21-5-6-23-22(14-21)19(16-28-23)4-2-3-9-30-10-7-18(8-11-30)24-12-20-13-26-27(33-17-32-26)15-25(20)29-24/h5-7,12-16,28-29H,2-4,8-11,17H2,1H3. The van der Waals surface area contributed by atoms with Crippen molar-refractivity contribution in [1.82, 2.24) is 14.9 Å². The fraction of sp³-hybridized carbons (Fsp3) is 0.333. The highest BCUT2D eigenvalue weighted by Crippen LogP contribution is 2.37. The molecule has 4 aromatic rings. The first-order valence-electron chi connectivity index (χ1n) is 11.7. The van der Waals surface area contributed by atoms with E-state index < -0.39 is 0 Å². The molecular weight excluding hydrogens is 414 g/mol. The number of hydrogen-bond donors (Lipinski definition) is 2. The first kappa shape index (κ1) is 20.2. The van der Waals surface area contributed by atoms with Gasteiger partial charge in [0.05, 0.1) is 7.11 Å². The quantitative estimate of drug-likeness (QED) is 0.370. The summed E-state index contributed by atoms with van der Waals surface area (Å²) in [7, 11) is 1.72. The van der Waals surface area contributed by atoms with Crippen LogP contribution >= 0.6 is 0 Å². The summed E-state index contributed by atoms with van der Waals surface area (Å²) in [5.74, 6) is 2.58. The zero-order valence-electron chi connectivity index (χ0n) is 18.9. The lowest BCUT2D eigenvalue weighted by molar-refractivity contribution is 0.174. The maximum Gasteiger partial charge on any atom is 0.231 e. The number of H-pyrrole nitrogens is 2. The van der Waals surface area contributed by atoms with Gasteiger partial charge in [-0.1, -0.05) is 6.08 Å². The van der Waals surface area contributed by atoms with Gasteiger partial charge in [-0.3, -0.25) is 4.90 Å². The van der Waals surface area contributed by atoms with Gasteiger partial charge >= 0.3 is 0 Å². The van der Waals surface area contributed by atoms with Crippen molar-refractivity contribution < 1.29 is 14.2 Å². The molecule has 0 atom stereocenters. The molecule has 2 aliphatic heterocycles. The number of aromatic nitrogens is 2. The Balaban J connectivity index is 1.03. The molecule has 6 heteroatoms. The van der Waals surface area contributed by atoms with Crippen LogP contribution in [-0.2, 0) is 6.42 Å². The number of benzene rings is 2. The fourth-order valence-electron chi connectivity index (χ4n) is 5.00. The largest absolute Gasteiger partial charge is 0.497 e. The van der Waals surface area contributed by atoms with Crippen LogP contribution in [0.2, 0.25) is 0 Å². The predicted octanol–water partition coefficient (Wildman–Crippen LogP) is 5.50. The van der Waals surface area contributed by atoms with E-state index in [0.717, 1.165) is 55.2 Å². The molecule has 6 nitrogen and oxygen atoms in total. The summed E-state index contributed by atoms with van der Waals surface area (Å²) in [6, 6.07) is 12.6. The Hall–Kier alpha value is -3.38. The van der Waals surface area contributed by atoms with Gasteiger partial charge in [-0.05, 0) is 73.7 Å². The van der Waals surface area contributed by atoms with E-state index in [4.69, 9.17) is 14.2 Å². The molecule has 0 saturated heterocycles. The number of hydrogen-bond acceptors (Lipinski definition) is 4. The molecule has 0 saturated carbocycles. The molecule has 4 heterocycles. The average molecular weight is 444 g/mol. The molecule has 0 bridgehead atoms. The molecule has 0 unspecified atom stereocenters. The molecule has 0 aliphatic carbocycles. The minimum absolute atomic E-state index is 0.312. The second-order valence-electron chi connectivity index (χ2n) is 8.94. The Labute approximate surface area is 193 Å². The third-order valence-corrected chi connectivity index (χ3v) is 6.90. The van der Waals surface area contributed by atoms with Gasteiger partial charge in [0.2, 0.25) is 6.79 Å². The summed E-state index contributed by atoms with van der Waals surface area (Å²) in [5, 5.41) is 2.45. The number of unbranched alkanes of at least 4 members (excludes halogenated alkanes) is 1. The zero-order chi connectivity index (χ0) is 22.2. The molecule has 2 aromatic carbocycles. The van der Waals surface area contributed by atoms with E-state index in [0.29, 0.717) is 6.79 Å². The number of rotatable bonds is 7. The van der Waals surface area contributed by atoms with Crippen LogP contribution in [0.4, 0.5) is 0 Å². The number of aromatic amines is 2. The summed E-state index contributed by atoms with van der Waals surface area (Å²) in [5.41, 5.74) is 6.28. The molecule has 0 radical (unpaired) electrons. The minimum atomic E-state index is 0.312. The summed E-state index contributed by atoms with van der Waals surface area (Å²) >= 11 is 0. The molecule has 170 valence electrons. The first-order chi connectivity index (χ1) is 16.3. The van der Waals surface area contributed by atoms with E-state index in [9.17, 15) is 0 Å². The van der Waals surface area contributed by atoms with Gasteiger partial charge in [0, 0.05) is 52.9 Å². The first-order valence-corrected chi connectivity index (χ1v) is 11.7. The third-order valence-electron chi connectivity index (χ3n) is 6.90. The molecular formula is C27H29N3O3. The van der Waals surface area contributed by atoms with Gasteiger partial charge in [-0.25, -0.2) is 0 Å². The Morgan fingerprint density at radius 3 is 2.79 bits per heavy atom. The smallest absolute Gasteiger partial charge is 0.231 e. The lowest BCUT2D eigenvalue weighted by Crippen LogP contribution is -2.29. The van der Waals surface area contributed by atoms with Crippen molar-refractivity contribution in [2.45, 2.75) is 25.7 Å². The van der Waals surface area contributed by atoms with E-state index in [1.807, 2.05) is 12.1 Å². The Kier molecular flexibility index (Phi) is 5.23. The predicted molar refractivity (Wildman–Crippen MR) is 131 cm³/mol. The number of nitrogens with one attached hydrogen (secondary N) is 2. The van der Waals surface area contributed by atoms with Crippen LogP contribution in [0.5, 0.6) is 17.2 Å². The molecule has 0 spiro atoms. The average Bonchev–Trinajstić information content (AvgIpc) is 3.58. The van der Waals surface area contributed by atoms with Crippen LogP contribution in [-0.4, -0.2) is 48.4 Å². The second-order valence-corrected chi connectivity index (χ2v) is 8.94. The maximum absolute atomic E-state index is 5.51. The molecule has 0 amide bonds. The van der Waals surface area contributed by atoms with Crippen LogP contribution in [0.15, 0.2) is 48.7 Å². The van der Waals surface area contributed by atoms with Gasteiger partial charge in [0.25, 0.3) is 0 Å². The summed E-state index contributed by atoms with van der Waals surface area (Å²) in [6.45, 7) is 3.57. The summed E-state index contributed by atoms with van der Waals surface area (Å²) < 4.78 is 16.4. The van der Waals surface area contributed by atoms with Crippen molar-refractivity contribution in [2.75, 3.05) is 33.5 Å². The van der Waals surface area contributed by atoms with Gasteiger partial charge in [0.15, 0.2) is 11.5 Å². The third kappa shape index (κ3) is 3.95. The fourth-order valence-corrected chi connectivity index (χ4v) is 5.00. The normalized spacial score (nSPS) is 16.0. The van der Waals surface area contributed by atoms with Crippen molar-refractivity contribution in [3.63, 3.8) is 0 Å². The van der Waals surface area contributed by atoms with Gasteiger partial charge in [-0.2, -0.15) is 0 Å². The highest BCUT2D eigenvalue weighted by molar-refractivity contribution is 5.88. The van der Waals surface area contributed by atoms with E-state index in [1.54, 1.807) is 7.11 Å². The van der Waals surface area contributed by atoms with Crippen molar-refractivity contribution in [1.29, 1.82) is 0 Å². The van der Waals surface area contributed by atoms with Crippen LogP contribution in [0.25, 0.3) is 27.4 Å². The van der Waals surface area contributed by atoms with Crippen LogP contribution in [0.3, 0.4) is 0 Å². The SMILES string of the molecule is COc1ccc2[nH]cc(CCCCN3CC=C(c4cc5cc6c(cc5[nH]4)OCO6)CC3)c2c1. The Bertz CT molecular complexity index is 1290. The van der Waals surface area contributed by atoms with Crippen LogP contribution in [0, 0.1) is 0 Å². The molecule has 2 aromatic heterocycles. The van der Waals surface area contributed by atoms with Crippen molar-refractivity contribution in [2.24, 2.45) is 0 Å². The highest BCUT2D eigenvalue weighted by Gasteiger charge is 2.18. The Morgan fingerprint density at radius 2 is 1.94 bits per heavy atom. The lowest BCUT2D eigenvalue weighted by Gasteiger charge is -2.26. The number of aryl methyl sites for hydroxylation is 1. The summed E-state index contributed by atoms with van der Waals surface area (Å²) in [6.07, 6.45) is 9.08. The van der Waals surface area contributed by atoms with Gasteiger partial charge < -0.3 is 24.2 Å². The van der Waals surface area contributed by atoms with E-state index >= 15 is 0 Å². The molecule has 0 fully saturated rings. The van der Waals surface area contributed by atoms with E-state index in [2.05, 4.69) is 51.4 Å². The topological polar surface area (TPSA) is 62.5 Å². The van der Waals surface area contributed by atoms with Crippen molar-refractivity contribution >= 4 is 27.4 Å². The summed E-state index contributed by atoms with van der Waals surface area (Å²) in [4.78, 5) is 9.50. The minimum Gasteiger partial charge on any atom is -0.497 e. The molecule has 2 N–H and O–H groups in total. The van der Waals surface area contributed by atoms with Crippen LogP contribution in [0.1, 0.15) is 30.5 Å². The monoisotopic (exact) mass is 443 g/mol. The van der Waals surface area contributed by atoms with Gasteiger partial charge in [-0.15, -0.1) is 0 Å². The van der Waals surface area contributed by atoms with Gasteiger partial charge in [0.1, 0.15) is 5.75 Å². The molecule has 2 aliphatic rings. The van der Waals surface area contributed by atoms with Crippen molar-refractivity contribution in [3.8, 4) is 17.2 Å². The van der Waals surface area contributed by atoms with E-state index in [-0.39, 0.29) is 0 Å². The molecule has 6 rings (SSSR count). The number of nitrogens with zero attached hydrogens (tertiary/aromatic N) is 1. The van der Waals surface area contributed by atoms with Crippen LogP contribution < -0.4 is 14.2 Å². The zero-order valence-corrected chi connectivity index (χ0v) is 18.9. The lowest BCUT2D eigenvalue weighted by atomic mass is 10.0. The number of fused-ring (bicyclic) bond motifs is 3. The number of methoxy groups -OCH3 is 1. The second kappa shape index (κ2) is 8.52. The number of ether oxygens (including phenoxy) is 3. The van der Waals surface area contributed by atoms with E-state index in [1.165, 1.54) is 46.0 Å².